The molecule has 1 N–H and O–H groups in total. The van der Waals surface area contributed by atoms with E-state index in [9.17, 15) is 22.8 Å². The number of carbonyl (C=O) groups excluding carboxylic acids is 2. The van der Waals surface area contributed by atoms with Crippen LogP contribution < -0.4 is 5.32 Å². The first kappa shape index (κ1) is 22.3. The van der Waals surface area contributed by atoms with Crippen LogP contribution in [0.5, 0.6) is 0 Å². The lowest BCUT2D eigenvalue weighted by atomic mass is 10.0. The average Bonchev–Trinajstić information content (AvgIpc) is 3.47. The lowest BCUT2D eigenvalue weighted by molar-refractivity contribution is -0.136. The summed E-state index contributed by atoms with van der Waals surface area (Å²) >= 11 is 2.22. The normalized spacial score (nSPS) is 19.3. The molecule has 2 fully saturated rings. The van der Waals surface area contributed by atoms with Crippen LogP contribution >= 0.6 is 22.7 Å². The first-order chi connectivity index (χ1) is 15.7. The number of alkyl halides is 3. The molecule has 2 aliphatic rings. The van der Waals surface area contributed by atoms with Crippen molar-refractivity contribution >= 4 is 44.6 Å². The van der Waals surface area contributed by atoms with Crippen LogP contribution in [0.25, 0.3) is 10.1 Å². The van der Waals surface area contributed by atoms with Crippen LogP contribution in [0.2, 0.25) is 0 Å². The second-order valence-electron chi connectivity index (χ2n) is 8.45. The Bertz CT molecular complexity index is 1200. The number of benzene rings is 1. The zero-order chi connectivity index (χ0) is 23.3. The monoisotopic (exact) mass is 494 g/mol. The maximum Gasteiger partial charge on any atom is 0.418 e. The molecule has 0 saturated carbocycles. The molecule has 0 spiro atoms. The number of aryl methyl sites for hydroxylation is 1. The van der Waals surface area contributed by atoms with Gasteiger partial charge in [-0.2, -0.15) is 13.2 Å². The third-order valence-electron chi connectivity index (χ3n) is 6.05. The second kappa shape index (κ2) is 8.37. The van der Waals surface area contributed by atoms with E-state index in [-0.39, 0.29) is 28.3 Å². The lowest BCUT2D eigenvalue weighted by Crippen LogP contribution is -2.62. The molecule has 1 unspecified atom stereocenters. The fourth-order valence-corrected chi connectivity index (χ4v) is 6.30. The largest absolute Gasteiger partial charge is 0.418 e. The molecule has 0 aliphatic carbocycles. The Morgan fingerprint density at radius 1 is 1.12 bits per heavy atom. The van der Waals surface area contributed by atoms with Crippen LogP contribution in [0.1, 0.15) is 37.0 Å². The number of nitrogens with zero attached hydrogens (tertiary/aromatic N) is 3. The second-order valence-corrected chi connectivity index (χ2v) is 10.4. The van der Waals surface area contributed by atoms with Gasteiger partial charge in [-0.3, -0.25) is 9.59 Å². The van der Waals surface area contributed by atoms with E-state index in [2.05, 4.69) is 10.3 Å². The highest BCUT2D eigenvalue weighted by Crippen LogP contribution is 2.43. The topological polar surface area (TPSA) is 65.5 Å². The van der Waals surface area contributed by atoms with Crippen LogP contribution in [-0.2, 0) is 6.18 Å². The summed E-state index contributed by atoms with van der Waals surface area (Å²) in [7, 11) is 0. The van der Waals surface area contributed by atoms with Crippen LogP contribution in [0, 0.1) is 6.92 Å². The number of halogens is 3. The standard InChI is InChI=1S/C22H21F3N4O2S2/c1-12-2-3-15-16(8-12)33-18(17(15)22(23,24)25)20(30)29-10-14(11-29)27-13-4-6-28(9-13)21(31)19-26-5-7-32-19/h2-3,5,7-8,13-14,27H,4,6,9-11H2,1H3. The maximum atomic E-state index is 13.8. The molecule has 6 nitrogen and oxygen atoms in total. The highest BCUT2D eigenvalue weighted by atomic mass is 32.1. The number of thiazole rings is 1. The summed E-state index contributed by atoms with van der Waals surface area (Å²) in [5, 5.41) is 5.75. The highest BCUT2D eigenvalue weighted by Gasteiger charge is 2.42. The number of hydrogen-bond donors (Lipinski definition) is 1. The SMILES string of the molecule is Cc1ccc2c(C(F)(F)F)c(C(=O)N3CC(NC4CCN(C(=O)c5nccs5)C4)C3)sc2c1. The number of likely N-dealkylation sites (tertiary alicyclic amines) is 2. The number of thiophene rings is 1. The van der Waals surface area contributed by atoms with Gasteiger partial charge in [0, 0.05) is 59.9 Å². The summed E-state index contributed by atoms with van der Waals surface area (Å²) in [6.07, 6.45) is -2.21. The van der Waals surface area contributed by atoms with Crippen molar-refractivity contribution in [2.24, 2.45) is 0 Å². The fourth-order valence-electron chi connectivity index (χ4n) is 4.41. The molecule has 2 saturated heterocycles. The van der Waals surface area contributed by atoms with Crippen molar-refractivity contribution < 1.29 is 22.8 Å². The Morgan fingerprint density at radius 2 is 1.88 bits per heavy atom. The smallest absolute Gasteiger partial charge is 0.335 e. The van der Waals surface area contributed by atoms with Gasteiger partial charge in [0.25, 0.3) is 11.8 Å². The minimum Gasteiger partial charge on any atom is -0.335 e. The van der Waals surface area contributed by atoms with Gasteiger partial charge in [0.1, 0.15) is 4.88 Å². The van der Waals surface area contributed by atoms with Crippen molar-refractivity contribution in [3.63, 3.8) is 0 Å². The molecule has 2 aromatic heterocycles. The van der Waals surface area contributed by atoms with Crippen LogP contribution in [0.4, 0.5) is 13.2 Å². The summed E-state index contributed by atoms with van der Waals surface area (Å²) in [4.78, 5) is 32.4. The molecular formula is C22H21F3N4O2S2. The van der Waals surface area contributed by atoms with E-state index in [1.807, 2.05) is 6.92 Å². The van der Waals surface area contributed by atoms with Crippen LogP contribution in [-0.4, -0.2) is 64.9 Å². The third-order valence-corrected chi connectivity index (χ3v) is 7.96. The number of nitrogens with one attached hydrogen (secondary N) is 1. The number of hydrogen-bond acceptors (Lipinski definition) is 6. The van der Waals surface area contributed by atoms with E-state index in [4.69, 9.17) is 0 Å². The summed E-state index contributed by atoms with van der Waals surface area (Å²) in [6.45, 7) is 3.69. The lowest BCUT2D eigenvalue weighted by Gasteiger charge is -2.41. The number of aromatic nitrogens is 1. The van der Waals surface area contributed by atoms with Crippen molar-refractivity contribution in [3.05, 3.63) is 50.8 Å². The van der Waals surface area contributed by atoms with Crippen molar-refractivity contribution in [1.82, 2.24) is 20.1 Å². The zero-order valence-electron chi connectivity index (χ0n) is 17.7. The summed E-state index contributed by atoms with van der Waals surface area (Å²) < 4.78 is 41.9. The average molecular weight is 495 g/mol. The summed E-state index contributed by atoms with van der Waals surface area (Å²) in [5.41, 5.74) is 0.0136. The van der Waals surface area contributed by atoms with Gasteiger partial charge in [-0.25, -0.2) is 4.98 Å². The van der Waals surface area contributed by atoms with E-state index in [1.54, 1.807) is 28.6 Å². The molecular weight excluding hydrogens is 473 g/mol. The van der Waals surface area contributed by atoms with Gasteiger partial charge < -0.3 is 15.1 Å². The fraction of sp³-hybridized carbons (Fsp3) is 0.409. The molecule has 174 valence electrons. The first-order valence-corrected chi connectivity index (χ1v) is 12.2. The van der Waals surface area contributed by atoms with Crippen LogP contribution in [0.3, 0.4) is 0 Å². The molecule has 0 radical (unpaired) electrons. The first-order valence-electron chi connectivity index (χ1n) is 10.5. The Kier molecular flexibility index (Phi) is 5.66. The number of rotatable bonds is 4. The zero-order valence-corrected chi connectivity index (χ0v) is 19.3. The molecule has 11 heteroatoms. The predicted molar refractivity (Wildman–Crippen MR) is 121 cm³/mol. The van der Waals surface area contributed by atoms with Crippen molar-refractivity contribution in [3.8, 4) is 0 Å². The van der Waals surface area contributed by atoms with Gasteiger partial charge in [0.05, 0.1) is 5.56 Å². The number of amides is 2. The highest BCUT2D eigenvalue weighted by molar-refractivity contribution is 7.21. The van der Waals surface area contributed by atoms with Gasteiger partial charge >= 0.3 is 6.18 Å². The molecule has 1 aromatic carbocycles. The summed E-state index contributed by atoms with van der Waals surface area (Å²) in [6, 6.07) is 4.85. The van der Waals surface area contributed by atoms with E-state index >= 15 is 0 Å². The van der Waals surface area contributed by atoms with Crippen molar-refractivity contribution in [2.45, 2.75) is 31.6 Å². The Morgan fingerprint density at radius 3 is 2.58 bits per heavy atom. The van der Waals surface area contributed by atoms with Gasteiger partial charge in [0.2, 0.25) is 0 Å². The van der Waals surface area contributed by atoms with E-state index in [0.29, 0.717) is 35.9 Å². The predicted octanol–water partition coefficient (Wildman–Crippen LogP) is 4.01. The quantitative estimate of drug-likeness (QED) is 0.595. The van der Waals surface area contributed by atoms with Crippen molar-refractivity contribution in [2.75, 3.05) is 26.2 Å². The molecule has 2 amide bonds. The Balaban J connectivity index is 1.22. The van der Waals surface area contributed by atoms with Gasteiger partial charge in [0.15, 0.2) is 5.01 Å². The van der Waals surface area contributed by atoms with Crippen molar-refractivity contribution in [1.29, 1.82) is 0 Å². The molecule has 2 aliphatic heterocycles. The van der Waals surface area contributed by atoms with Gasteiger partial charge in [-0.15, -0.1) is 22.7 Å². The summed E-state index contributed by atoms with van der Waals surface area (Å²) in [5.74, 6) is -0.661. The minimum atomic E-state index is -4.60. The molecule has 33 heavy (non-hydrogen) atoms. The number of carbonyl (C=O) groups is 2. The van der Waals surface area contributed by atoms with E-state index in [1.165, 1.54) is 22.3 Å². The van der Waals surface area contributed by atoms with E-state index < -0.39 is 17.6 Å². The van der Waals surface area contributed by atoms with Gasteiger partial charge in [-0.1, -0.05) is 12.1 Å². The van der Waals surface area contributed by atoms with Crippen LogP contribution in [0.15, 0.2) is 29.8 Å². The Labute approximate surface area is 196 Å². The minimum absolute atomic E-state index is 0.000163. The van der Waals surface area contributed by atoms with E-state index in [0.717, 1.165) is 23.3 Å². The maximum absolute atomic E-state index is 13.8. The van der Waals surface area contributed by atoms with Gasteiger partial charge in [-0.05, 0) is 25.0 Å². The molecule has 3 aromatic rings. The molecule has 5 rings (SSSR count). The molecule has 1 atom stereocenters. The third kappa shape index (κ3) is 4.24. The Hall–Kier alpha value is -2.50. The number of fused-ring (bicyclic) bond motifs is 1. The molecule has 0 bridgehead atoms. The molecule has 4 heterocycles.